The first-order valence-electron chi connectivity index (χ1n) is 13.6. The lowest BCUT2D eigenvalue weighted by molar-refractivity contribution is -0.143. The summed E-state index contributed by atoms with van der Waals surface area (Å²) in [6, 6.07) is 6.67. The van der Waals surface area contributed by atoms with Gasteiger partial charge in [0.2, 0.25) is 5.91 Å². The summed E-state index contributed by atoms with van der Waals surface area (Å²) in [5.74, 6) is -1.47. The molecule has 0 radical (unpaired) electrons. The predicted molar refractivity (Wildman–Crippen MR) is 151 cm³/mol. The molecule has 2 atom stereocenters. The molecule has 1 aliphatic rings. The molecular formula is C31H31F7N4O2. The zero-order valence-corrected chi connectivity index (χ0v) is 24.6. The van der Waals surface area contributed by atoms with E-state index in [-0.39, 0.29) is 17.5 Å². The van der Waals surface area contributed by atoms with Crippen LogP contribution in [0.3, 0.4) is 0 Å². The Labute approximate surface area is 249 Å². The lowest BCUT2D eigenvalue weighted by atomic mass is 9.81. The summed E-state index contributed by atoms with van der Waals surface area (Å²) in [4.78, 5) is 33.3. The number of nitrogens with zero attached hydrogens (tertiary/aromatic N) is 3. The fourth-order valence-electron chi connectivity index (χ4n) is 5.50. The number of ketones is 1. The number of carbonyl (C=O) groups is 2. The third-order valence-corrected chi connectivity index (χ3v) is 8.13. The van der Waals surface area contributed by atoms with E-state index >= 15 is 0 Å². The zero-order chi connectivity index (χ0) is 32.9. The highest BCUT2D eigenvalue weighted by atomic mass is 19.4. The predicted octanol–water partition coefficient (Wildman–Crippen LogP) is 6.87. The van der Waals surface area contributed by atoms with Crippen LogP contribution in [-0.4, -0.2) is 36.4 Å². The van der Waals surface area contributed by atoms with Gasteiger partial charge in [0.25, 0.3) is 0 Å². The van der Waals surface area contributed by atoms with Crippen molar-refractivity contribution >= 4 is 23.2 Å². The number of anilines is 2. The number of aromatic nitrogens is 1. The quantitative estimate of drug-likeness (QED) is 0.303. The molecule has 2 heterocycles. The Balaban J connectivity index is 1.83. The highest BCUT2D eigenvalue weighted by molar-refractivity contribution is 6.03. The summed E-state index contributed by atoms with van der Waals surface area (Å²) in [7, 11) is 1.33. The van der Waals surface area contributed by atoms with Gasteiger partial charge in [-0.2, -0.15) is 26.3 Å². The summed E-state index contributed by atoms with van der Waals surface area (Å²) in [6.45, 7) is 5.97. The smallest absolute Gasteiger partial charge is 0.341 e. The molecule has 44 heavy (non-hydrogen) atoms. The number of nitrogens with two attached hydrogens (primary N) is 1. The van der Waals surface area contributed by atoms with Crippen molar-refractivity contribution in [3.63, 3.8) is 0 Å². The number of likely N-dealkylation sites (N-methyl/N-ethyl adjacent to an activating group) is 1. The van der Waals surface area contributed by atoms with Gasteiger partial charge in [-0.1, -0.05) is 6.07 Å². The van der Waals surface area contributed by atoms with Gasteiger partial charge in [0.1, 0.15) is 17.4 Å². The molecule has 0 spiro atoms. The summed E-state index contributed by atoms with van der Waals surface area (Å²) in [5.41, 5.74) is 2.45. The molecule has 6 nitrogen and oxygen atoms in total. The zero-order valence-electron chi connectivity index (χ0n) is 24.6. The van der Waals surface area contributed by atoms with Gasteiger partial charge in [-0.15, -0.1) is 0 Å². The van der Waals surface area contributed by atoms with E-state index in [1.165, 1.54) is 52.2 Å². The Morgan fingerprint density at radius 3 is 2.00 bits per heavy atom. The van der Waals surface area contributed by atoms with Crippen molar-refractivity contribution < 1.29 is 40.3 Å². The Bertz CT molecular complexity index is 1570. The van der Waals surface area contributed by atoms with Crippen LogP contribution in [0.25, 0.3) is 11.1 Å². The SMILES string of the molecule is CC(=O)C1CCN(c2cc(-c3ccc(F)cc3C)c(N(C)C(=O)C(C)(C)c3cc(C(F)(F)F)cc(C(F)(F)F)c3)cn2)[C@H]1N. The van der Waals surface area contributed by atoms with E-state index < -0.39 is 58.3 Å². The Morgan fingerprint density at radius 1 is 0.932 bits per heavy atom. The highest BCUT2D eigenvalue weighted by Crippen LogP contribution is 2.42. The Kier molecular flexibility index (Phi) is 8.59. The second-order valence-corrected chi connectivity index (χ2v) is 11.5. The number of carbonyl (C=O) groups excluding carboxylic acids is 2. The molecule has 0 saturated carbocycles. The van der Waals surface area contributed by atoms with E-state index in [0.717, 1.165) is 4.90 Å². The van der Waals surface area contributed by atoms with E-state index in [4.69, 9.17) is 5.73 Å². The number of hydrogen-bond donors (Lipinski definition) is 1. The van der Waals surface area contributed by atoms with Crippen molar-refractivity contribution in [2.24, 2.45) is 11.7 Å². The molecule has 1 unspecified atom stereocenters. The average Bonchev–Trinajstić information content (AvgIpc) is 3.32. The fourth-order valence-corrected chi connectivity index (χ4v) is 5.50. The molecule has 2 aromatic carbocycles. The van der Waals surface area contributed by atoms with Gasteiger partial charge >= 0.3 is 12.4 Å². The number of aryl methyl sites for hydroxylation is 1. The van der Waals surface area contributed by atoms with Crippen LogP contribution in [0.1, 0.15) is 49.4 Å². The third kappa shape index (κ3) is 6.28. The number of amides is 1. The second-order valence-electron chi connectivity index (χ2n) is 11.5. The lowest BCUT2D eigenvalue weighted by Gasteiger charge is -2.32. The number of rotatable bonds is 6. The Hall–Kier alpha value is -4.00. The standard InChI is InChI=1S/C31H31F7N4O2/c1-16-10-21(32)6-7-22(16)24-14-26(42-9-8-23(17(2)43)27(42)39)40-15-25(24)41(5)28(44)29(3,4)18-11-19(30(33,34)35)13-20(12-18)31(36,37)38/h6-7,10-15,23,27H,8-9,39H2,1-5H3/t23?,27-/m1/s1. The number of hydrogen-bond acceptors (Lipinski definition) is 5. The number of halogens is 7. The summed E-state index contributed by atoms with van der Waals surface area (Å²) >= 11 is 0. The average molecular weight is 625 g/mol. The van der Waals surface area contributed by atoms with Gasteiger partial charge in [-0.25, -0.2) is 9.37 Å². The monoisotopic (exact) mass is 624 g/mol. The topological polar surface area (TPSA) is 79.5 Å². The van der Waals surface area contributed by atoms with Crippen LogP contribution in [0.15, 0.2) is 48.7 Å². The van der Waals surface area contributed by atoms with E-state index in [0.29, 0.717) is 47.6 Å². The van der Waals surface area contributed by atoms with Crippen molar-refractivity contribution in [3.05, 3.63) is 76.7 Å². The maximum Gasteiger partial charge on any atom is 0.416 e. The van der Waals surface area contributed by atoms with Gasteiger partial charge in [-0.3, -0.25) is 9.59 Å². The number of pyridine rings is 1. The van der Waals surface area contributed by atoms with Crippen LogP contribution in [0, 0.1) is 18.7 Å². The molecule has 13 heteroatoms. The first kappa shape index (κ1) is 32.9. The molecule has 236 valence electrons. The second kappa shape index (κ2) is 11.5. The molecule has 2 N–H and O–H groups in total. The fraction of sp³-hybridized carbons (Fsp3) is 0.387. The molecule has 1 aliphatic heterocycles. The van der Waals surface area contributed by atoms with Gasteiger partial charge in [0, 0.05) is 19.2 Å². The van der Waals surface area contributed by atoms with Crippen LogP contribution in [0.5, 0.6) is 0 Å². The van der Waals surface area contributed by atoms with Gasteiger partial charge in [-0.05, 0) is 87.2 Å². The summed E-state index contributed by atoms with van der Waals surface area (Å²) < 4.78 is 95.6. The van der Waals surface area contributed by atoms with Crippen molar-refractivity contribution in [2.75, 3.05) is 23.4 Å². The Morgan fingerprint density at radius 2 is 1.50 bits per heavy atom. The van der Waals surface area contributed by atoms with Crippen molar-refractivity contribution in [1.82, 2.24) is 4.98 Å². The number of benzene rings is 2. The highest BCUT2D eigenvalue weighted by Gasteiger charge is 2.42. The van der Waals surface area contributed by atoms with E-state index in [9.17, 15) is 40.3 Å². The minimum absolute atomic E-state index is 0.00551. The van der Waals surface area contributed by atoms with E-state index in [1.807, 2.05) is 0 Å². The minimum Gasteiger partial charge on any atom is -0.341 e. The molecule has 1 saturated heterocycles. The molecule has 4 rings (SSSR count). The first-order valence-corrected chi connectivity index (χ1v) is 13.6. The summed E-state index contributed by atoms with van der Waals surface area (Å²) in [6.07, 6.45) is -9.02. The van der Waals surface area contributed by atoms with Crippen LogP contribution < -0.4 is 15.5 Å². The number of Topliss-reactive ketones (excluding diaryl/α,β-unsaturated/α-hetero) is 1. The molecule has 0 bridgehead atoms. The van der Waals surface area contributed by atoms with Gasteiger partial charge < -0.3 is 15.5 Å². The largest absolute Gasteiger partial charge is 0.416 e. The van der Waals surface area contributed by atoms with Crippen LogP contribution >= 0.6 is 0 Å². The maximum atomic E-state index is 14.0. The molecule has 3 aromatic rings. The van der Waals surface area contributed by atoms with Crippen molar-refractivity contribution in [2.45, 2.75) is 58.0 Å². The third-order valence-electron chi connectivity index (χ3n) is 8.13. The lowest BCUT2D eigenvalue weighted by Crippen LogP contribution is -2.43. The minimum atomic E-state index is -5.09. The van der Waals surface area contributed by atoms with Crippen LogP contribution in [0.4, 0.5) is 42.2 Å². The van der Waals surface area contributed by atoms with Gasteiger partial charge in [0.05, 0.1) is 40.5 Å². The van der Waals surface area contributed by atoms with Gasteiger partial charge in [0.15, 0.2) is 0 Å². The van der Waals surface area contributed by atoms with Crippen LogP contribution in [-0.2, 0) is 27.4 Å². The van der Waals surface area contributed by atoms with Crippen molar-refractivity contribution in [1.29, 1.82) is 0 Å². The summed E-state index contributed by atoms with van der Waals surface area (Å²) in [5, 5.41) is 0. The molecule has 1 amide bonds. The number of alkyl halides is 6. The molecular weight excluding hydrogens is 593 g/mol. The molecule has 1 fully saturated rings. The van der Waals surface area contributed by atoms with E-state index in [2.05, 4.69) is 4.98 Å². The normalized spacial score (nSPS) is 17.6. The molecule has 1 aromatic heterocycles. The first-order chi connectivity index (χ1) is 20.2. The maximum absolute atomic E-state index is 14.0. The van der Waals surface area contributed by atoms with Crippen LogP contribution in [0.2, 0.25) is 0 Å². The van der Waals surface area contributed by atoms with E-state index in [1.54, 1.807) is 17.9 Å². The van der Waals surface area contributed by atoms with Crippen molar-refractivity contribution in [3.8, 4) is 11.1 Å². The molecule has 0 aliphatic carbocycles.